The van der Waals surface area contributed by atoms with Gasteiger partial charge in [0, 0.05) is 44.3 Å². The Morgan fingerprint density at radius 1 is 1.21 bits per heavy atom. The Bertz CT molecular complexity index is 259. The Morgan fingerprint density at radius 3 is 2.53 bits per heavy atom. The van der Waals surface area contributed by atoms with Crippen molar-refractivity contribution < 1.29 is 0 Å². The molecule has 0 aliphatic carbocycles. The average molecular weight is 267 g/mol. The van der Waals surface area contributed by atoms with E-state index >= 15 is 0 Å². The van der Waals surface area contributed by atoms with E-state index in [0.29, 0.717) is 6.04 Å². The number of nitrogens with zero attached hydrogens (tertiary/aromatic N) is 2. The van der Waals surface area contributed by atoms with Crippen LogP contribution in [0.25, 0.3) is 0 Å². The fourth-order valence-corrected chi connectivity index (χ4v) is 3.57. The summed E-state index contributed by atoms with van der Waals surface area (Å²) < 4.78 is 0. The van der Waals surface area contributed by atoms with E-state index in [-0.39, 0.29) is 0 Å². The molecule has 2 rings (SSSR count). The van der Waals surface area contributed by atoms with Crippen molar-refractivity contribution in [3.8, 4) is 0 Å². The van der Waals surface area contributed by atoms with Crippen LogP contribution in [0.5, 0.6) is 0 Å². The first-order valence-corrected chi connectivity index (χ1v) is 8.27. The van der Waals surface area contributed by atoms with Crippen molar-refractivity contribution in [3.63, 3.8) is 0 Å². The summed E-state index contributed by atoms with van der Waals surface area (Å²) in [5, 5.41) is 3.66. The van der Waals surface area contributed by atoms with Gasteiger partial charge < -0.3 is 5.32 Å². The molecule has 3 nitrogen and oxygen atoms in total. The average Bonchev–Trinajstić information content (AvgIpc) is 2.98. The van der Waals surface area contributed by atoms with Crippen molar-refractivity contribution in [3.05, 3.63) is 0 Å². The lowest BCUT2D eigenvalue weighted by Crippen LogP contribution is -2.46. The summed E-state index contributed by atoms with van der Waals surface area (Å²) in [6.07, 6.45) is 4.09. The Labute approximate surface area is 119 Å². The molecule has 1 N–H and O–H groups in total. The molecule has 0 aromatic heterocycles. The number of nitrogens with one attached hydrogen (secondary N) is 1. The Hall–Kier alpha value is -0.120. The van der Waals surface area contributed by atoms with E-state index in [1.165, 1.54) is 52.0 Å². The summed E-state index contributed by atoms with van der Waals surface area (Å²) in [7, 11) is 0. The predicted octanol–water partition coefficient (Wildman–Crippen LogP) is 2.18. The minimum atomic E-state index is 0.704. The lowest BCUT2D eigenvalue weighted by atomic mass is 10.1. The van der Waals surface area contributed by atoms with Crippen LogP contribution in [0.2, 0.25) is 0 Å². The maximum absolute atomic E-state index is 3.66. The van der Waals surface area contributed by atoms with Crippen LogP contribution in [0.3, 0.4) is 0 Å². The quantitative estimate of drug-likeness (QED) is 0.796. The van der Waals surface area contributed by atoms with Gasteiger partial charge in [-0.25, -0.2) is 0 Å². The van der Waals surface area contributed by atoms with Crippen molar-refractivity contribution >= 4 is 0 Å². The third-order valence-electron chi connectivity index (χ3n) is 4.66. The van der Waals surface area contributed by atoms with Crippen LogP contribution in [0.15, 0.2) is 0 Å². The Balaban J connectivity index is 1.89. The van der Waals surface area contributed by atoms with E-state index in [4.69, 9.17) is 0 Å². The van der Waals surface area contributed by atoms with Gasteiger partial charge in [-0.3, -0.25) is 9.80 Å². The smallest absolute Gasteiger partial charge is 0.0236 e. The maximum atomic E-state index is 3.66. The van der Waals surface area contributed by atoms with E-state index in [1.807, 2.05) is 0 Å². The monoisotopic (exact) mass is 267 g/mol. The van der Waals surface area contributed by atoms with E-state index in [2.05, 4.69) is 42.8 Å². The van der Waals surface area contributed by atoms with Gasteiger partial charge in [0.05, 0.1) is 0 Å². The molecule has 2 unspecified atom stereocenters. The maximum Gasteiger partial charge on any atom is 0.0236 e. The molecule has 3 heteroatoms. The van der Waals surface area contributed by atoms with Gasteiger partial charge in [0.15, 0.2) is 0 Å². The van der Waals surface area contributed by atoms with Crippen LogP contribution in [-0.2, 0) is 0 Å². The van der Waals surface area contributed by atoms with E-state index in [0.717, 1.165) is 18.0 Å². The molecule has 0 bridgehead atoms. The molecule has 0 saturated carbocycles. The van der Waals surface area contributed by atoms with Gasteiger partial charge in [-0.05, 0) is 45.6 Å². The summed E-state index contributed by atoms with van der Waals surface area (Å²) in [5.74, 6) is 0.773. The zero-order valence-electron chi connectivity index (χ0n) is 13.4. The molecular formula is C16H33N3. The third-order valence-corrected chi connectivity index (χ3v) is 4.66. The molecule has 0 amide bonds. The Morgan fingerprint density at radius 2 is 2.00 bits per heavy atom. The molecule has 2 heterocycles. The van der Waals surface area contributed by atoms with Crippen molar-refractivity contribution in [2.45, 2.75) is 65.1 Å². The van der Waals surface area contributed by atoms with E-state index < -0.39 is 0 Å². The summed E-state index contributed by atoms with van der Waals surface area (Å²) in [6.45, 7) is 15.7. The highest BCUT2D eigenvalue weighted by molar-refractivity contribution is 4.88. The molecule has 2 aliphatic rings. The fraction of sp³-hybridized carbons (Fsp3) is 1.00. The second kappa shape index (κ2) is 7.05. The summed E-state index contributed by atoms with van der Waals surface area (Å²) in [5.41, 5.74) is 0. The SMILES string of the molecule is CC(C)CN(CC1CCCN1)C1CCN(C(C)C)C1. The van der Waals surface area contributed by atoms with Crippen molar-refractivity contribution in [1.82, 2.24) is 15.1 Å². The lowest BCUT2D eigenvalue weighted by Gasteiger charge is -2.33. The van der Waals surface area contributed by atoms with Crippen molar-refractivity contribution in [1.29, 1.82) is 0 Å². The predicted molar refractivity (Wildman–Crippen MR) is 82.5 cm³/mol. The highest BCUT2D eigenvalue weighted by Crippen LogP contribution is 2.20. The van der Waals surface area contributed by atoms with Crippen LogP contribution in [-0.4, -0.2) is 60.6 Å². The van der Waals surface area contributed by atoms with Crippen LogP contribution in [0, 0.1) is 5.92 Å². The molecular weight excluding hydrogens is 234 g/mol. The first-order chi connectivity index (χ1) is 9.06. The summed E-state index contributed by atoms with van der Waals surface area (Å²) in [6, 6.07) is 2.23. The topological polar surface area (TPSA) is 18.5 Å². The molecule has 2 aliphatic heterocycles. The zero-order valence-corrected chi connectivity index (χ0v) is 13.4. The second-order valence-corrected chi connectivity index (χ2v) is 7.17. The van der Waals surface area contributed by atoms with Crippen LogP contribution < -0.4 is 5.32 Å². The van der Waals surface area contributed by atoms with Crippen molar-refractivity contribution in [2.24, 2.45) is 5.92 Å². The van der Waals surface area contributed by atoms with E-state index in [9.17, 15) is 0 Å². The zero-order chi connectivity index (χ0) is 13.8. The standard InChI is InChI=1S/C16H33N3/c1-13(2)10-19(11-15-6-5-8-17-15)16-7-9-18(12-16)14(3)4/h13-17H,5-12H2,1-4H3. The minimum Gasteiger partial charge on any atom is -0.313 e. The largest absolute Gasteiger partial charge is 0.313 e. The normalized spacial score (nSPS) is 29.2. The van der Waals surface area contributed by atoms with Crippen LogP contribution >= 0.6 is 0 Å². The van der Waals surface area contributed by atoms with Gasteiger partial charge >= 0.3 is 0 Å². The molecule has 2 saturated heterocycles. The molecule has 0 aromatic carbocycles. The van der Waals surface area contributed by atoms with Gasteiger partial charge in [-0.2, -0.15) is 0 Å². The van der Waals surface area contributed by atoms with Crippen LogP contribution in [0.4, 0.5) is 0 Å². The van der Waals surface area contributed by atoms with Gasteiger partial charge in [-0.1, -0.05) is 13.8 Å². The van der Waals surface area contributed by atoms with Gasteiger partial charge in [-0.15, -0.1) is 0 Å². The Kier molecular flexibility index (Phi) is 5.67. The third kappa shape index (κ3) is 4.44. The first-order valence-electron chi connectivity index (χ1n) is 8.27. The van der Waals surface area contributed by atoms with Crippen LogP contribution in [0.1, 0.15) is 47.0 Å². The molecule has 0 spiro atoms. The first kappa shape index (κ1) is 15.3. The molecule has 19 heavy (non-hydrogen) atoms. The molecule has 112 valence electrons. The number of likely N-dealkylation sites (tertiary alicyclic amines) is 1. The number of rotatable bonds is 6. The lowest BCUT2D eigenvalue weighted by molar-refractivity contribution is 0.154. The second-order valence-electron chi connectivity index (χ2n) is 7.17. The summed E-state index contributed by atoms with van der Waals surface area (Å²) in [4.78, 5) is 5.41. The summed E-state index contributed by atoms with van der Waals surface area (Å²) >= 11 is 0. The van der Waals surface area contributed by atoms with Crippen molar-refractivity contribution in [2.75, 3.05) is 32.7 Å². The highest BCUT2D eigenvalue weighted by Gasteiger charge is 2.30. The highest BCUT2D eigenvalue weighted by atomic mass is 15.3. The van der Waals surface area contributed by atoms with Gasteiger partial charge in [0.25, 0.3) is 0 Å². The number of hydrogen-bond acceptors (Lipinski definition) is 3. The molecule has 0 aromatic rings. The molecule has 2 fully saturated rings. The van der Waals surface area contributed by atoms with Gasteiger partial charge in [0.1, 0.15) is 0 Å². The number of hydrogen-bond donors (Lipinski definition) is 1. The fourth-order valence-electron chi connectivity index (χ4n) is 3.57. The molecule has 2 atom stereocenters. The molecule has 0 radical (unpaired) electrons. The van der Waals surface area contributed by atoms with E-state index in [1.54, 1.807) is 0 Å². The minimum absolute atomic E-state index is 0.704. The van der Waals surface area contributed by atoms with Gasteiger partial charge in [0.2, 0.25) is 0 Å².